The number of nitrogens with zero attached hydrogens (tertiary/aromatic N) is 5. The van der Waals surface area contributed by atoms with E-state index in [0.29, 0.717) is 25.0 Å². The molecular formula is C21H28N6O2. The molecule has 0 radical (unpaired) electrons. The van der Waals surface area contributed by atoms with Crippen molar-refractivity contribution in [3.8, 4) is 0 Å². The van der Waals surface area contributed by atoms with E-state index in [9.17, 15) is 4.79 Å². The van der Waals surface area contributed by atoms with E-state index in [1.165, 1.54) is 0 Å². The van der Waals surface area contributed by atoms with Crippen LogP contribution in [-0.2, 0) is 16.1 Å². The summed E-state index contributed by atoms with van der Waals surface area (Å²) in [7, 11) is 5.92. The zero-order valence-corrected chi connectivity index (χ0v) is 17.2. The maximum atomic E-state index is 11.7. The fraction of sp³-hybridized carbons (Fsp3) is 0.476. The van der Waals surface area contributed by atoms with Gasteiger partial charge in [-0.05, 0) is 37.9 Å². The average molecular weight is 396 g/mol. The zero-order chi connectivity index (χ0) is 20.4. The monoisotopic (exact) mass is 396 g/mol. The van der Waals surface area contributed by atoms with Crippen molar-refractivity contribution in [1.29, 1.82) is 0 Å². The molecule has 2 saturated heterocycles. The highest BCUT2D eigenvalue weighted by molar-refractivity contribution is 5.99. The molecule has 2 aliphatic rings. The average Bonchev–Trinajstić information content (AvgIpc) is 3.17. The lowest BCUT2D eigenvalue weighted by Crippen LogP contribution is -2.43. The Morgan fingerprint density at radius 2 is 2.14 bits per heavy atom. The molecule has 2 aliphatic heterocycles. The van der Waals surface area contributed by atoms with Crippen LogP contribution in [0.4, 0.5) is 17.5 Å². The predicted molar refractivity (Wildman–Crippen MR) is 113 cm³/mol. The summed E-state index contributed by atoms with van der Waals surface area (Å²) in [5, 5.41) is 3.30. The van der Waals surface area contributed by atoms with Gasteiger partial charge in [0.15, 0.2) is 0 Å². The number of rotatable bonds is 7. The second kappa shape index (κ2) is 8.34. The first kappa shape index (κ1) is 19.6. The molecule has 29 heavy (non-hydrogen) atoms. The van der Waals surface area contributed by atoms with Crippen LogP contribution in [0.5, 0.6) is 0 Å². The van der Waals surface area contributed by atoms with Gasteiger partial charge in [0.25, 0.3) is 0 Å². The maximum absolute atomic E-state index is 11.7. The molecule has 0 saturated carbocycles. The Balaban J connectivity index is 1.41. The van der Waals surface area contributed by atoms with Crippen LogP contribution in [-0.4, -0.2) is 73.8 Å². The minimum absolute atomic E-state index is 0.156. The van der Waals surface area contributed by atoms with Gasteiger partial charge in [0.1, 0.15) is 5.82 Å². The smallest absolute Gasteiger partial charge is 0.228 e. The topological polar surface area (TPSA) is 73.8 Å². The predicted octanol–water partition coefficient (Wildman–Crippen LogP) is 1.59. The fourth-order valence-electron chi connectivity index (χ4n) is 3.89. The van der Waals surface area contributed by atoms with Gasteiger partial charge in [-0.2, -0.15) is 4.98 Å². The van der Waals surface area contributed by atoms with E-state index in [2.05, 4.69) is 34.2 Å². The minimum atomic E-state index is 0.156. The van der Waals surface area contributed by atoms with E-state index in [0.717, 1.165) is 36.7 Å². The van der Waals surface area contributed by atoms with Gasteiger partial charge in [-0.1, -0.05) is 12.1 Å². The van der Waals surface area contributed by atoms with Gasteiger partial charge in [-0.3, -0.25) is 4.79 Å². The Morgan fingerprint density at radius 1 is 1.28 bits per heavy atom. The standard InChI is InChI=1S/C21H28N6O2/c1-25(2)17-13-26(14-18(17)29-3)19-7-9-22-21(24-19)23-12-15-5-4-6-16(11-15)27-10-8-20(27)28/h4-7,9,11,17-18H,8,10,12-14H2,1-3H3,(H,22,23,24)/t17-,18+/m0/s1. The molecule has 1 aromatic carbocycles. The van der Waals surface area contributed by atoms with E-state index in [4.69, 9.17) is 9.72 Å². The molecule has 0 aliphatic carbocycles. The summed E-state index contributed by atoms with van der Waals surface area (Å²) in [5.74, 6) is 1.67. The molecular weight excluding hydrogens is 368 g/mol. The van der Waals surface area contributed by atoms with Gasteiger partial charge >= 0.3 is 0 Å². The largest absolute Gasteiger partial charge is 0.378 e. The summed E-state index contributed by atoms with van der Waals surface area (Å²) in [6.45, 7) is 3.07. The summed E-state index contributed by atoms with van der Waals surface area (Å²) in [6, 6.07) is 10.3. The molecule has 1 N–H and O–H groups in total. The normalized spacial score (nSPS) is 21.6. The van der Waals surface area contributed by atoms with Crippen LogP contribution in [0, 0.1) is 0 Å². The number of ether oxygens (including phenoxy) is 1. The van der Waals surface area contributed by atoms with Gasteiger partial charge in [0.05, 0.1) is 12.1 Å². The number of hydrogen-bond donors (Lipinski definition) is 1. The van der Waals surface area contributed by atoms with Crippen LogP contribution in [0.25, 0.3) is 0 Å². The van der Waals surface area contributed by atoms with Crippen LogP contribution < -0.4 is 15.1 Å². The molecule has 1 aromatic heterocycles. The van der Waals surface area contributed by atoms with E-state index in [1.807, 2.05) is 30.3 Å². The van der Waals surface area contributed by atoms with Gasteiger partial charge in [0.2, 0.25) is 11.9 Å². The highest BCUT2D eigenvalue weighted by atomic mass is 16.5. The van der Waals surface area contributed by atoms with E-state index >= 15 is 0 Å². The third-order valence-corrected chi connectivity index (χ3v) is 5.69. The molecule has 2 aromatic rings. The summed E-state index contributed by atoms with van der Waals surface area (Å²) in [4.78, 5) is 27.0. The third-order valence-electron chi connectivity index (χ3n) is 5.69. The minimum Gasteiger partial charge on any atom is -0.378 e. The fourth-order valence-corrected chi connectivity index (χ4v) is 3.89. The van der Waals surface area contributed by atoms with Crippen molar-refractivity contribution >= 4 is 23.4 Å². The van der Waals surface area contributed by atoms with Crippen LogP contribution in [0.2, 0.25) is 0 Å². The first-order valence-corrected chi connectivity index (χ1v) is 9.95. The van der Waals surface area contributed by atoms with Crippen molar-refractivity contribution in [3.63, 3.8) is 0 Å². The molecule has 3 heterocycles. The lowest BCUT2D eigenvalue weighted by Gasteiger charge is -2.30. The quantitative estimate of drug-likeness (QED) is 0.713. The zero-order valence-electron chi connectivity index (χ0n) is 17.2. The van der Waals surface area contributed by atoms with Crippen molar-refractivity contribution in [3.05, 3.63) is 42.1 Å². The number of carbonyl (C=O) groups excluding carboxylic acids is 1. The molecule has 8 nitrogen and oxygen atoms in total. The molecule has 1 amide bonds. The Hall–Kier alpha value is -2.71. The lowest BCUT2D eigenvalue weighted by atomic mass is 10.1. The van der Waals surface area contributed by atoms with Crippen molar-refractivity contribution in [2.45, 2.75) is 25.1 Å². The number of likely N-dealkylation sites (N-methyl/N-ethyl adjacent to an activating group) is 1. The lowest BCUT2D eigenvalue weighted by molar-refractivity contribution is -0.122. The molecule has 4 rings (SSSR count). The number of benzene rings is 1. The van der Waals surface area contributed by atoms with E-state index in [-0.39, 0.29) is 12.0 Å². The number of hydrogen-bond acceptors (Lipinski definition) is 7. The molecule has 154 valence electrons. The number of aromatic nitrogens is 2. The highest BCUT2D eigenvalue weighted by Gasteiger charge is 2.35. The Kier molecular flexibility index (Phi) is 5.64. The number of methoxy groups -OCH3 is 1. The SMILES string of the molecule is CO[C@@H]1CN(c2ccnc(NCc3cccc(N4CCC4=O)c3)n2)C[C@@H]1N(C)C. The maximum Gasteiger partial charge on any atom is 0.228 e. The molecule has 0 bridgehead atoms. The van der Waals surface area contributed by atoms with Gasteiger partial charge in [-0.15, -0.1) is 0 Å². The number of carbonyl (C=O) groups is 1. The summed E-state index contributed by atoms with van der Waals surface area (Å²) in [6.07, 6.45) is 2.58. The van der Waals surface area contributed by atoms with Crippen molar-refractivity contribution in [2.24, 2.45) is 0 Å². The third kappa shape index (κ3) is 4.18. The van der Waals surface area contributed by atoms with Gasteiger partial charge in [-0.25, -0.2) is 4.98 Å². The summed E-state index contributed by atoms with van der Waals surface area (Å²) in [5.41, 5.74) is 2.04. The Morgan fingerprint density at radius 3 is 2.79 bits per heavy atom. The van der Waals surface area contributed by atoms with Crippen LogP contribution in [0.15, 0.2) is 36.5 Å². The van der Waals surface area contributed by atoms with Crippen molar-refractivity contribution in [2.75, 3.05) is 56.0 Å². The first-order chi connectivity index (χ1) is 14.0. The molecule has 0 unspecified atom stereocenters. The number of anilines is 3. The van der Waals surface area contributed by atoms with Crippen LogP contribution in [0.1, 0.15) is 12.0 Å². The van der Waals surface area contributed by atoms with Crippen molar-refractivity contribution in [1.82, 2.24) is 14.9 Å². The summed E-state index contributed by atoms with van der Waals surface area (Å²) < 4.78 is 5.65. The Labute approximate surface area is 171 Å². The van der Waals surface area contributed by atoms with Gasteiger partial charge in [0, 0.05) is 51.6 Å². The van der Waals surface area contributed by atoms with E-state index in [1.54, 1.807) is 18.2 Å². The Bertz CT molecular complexity index is 874. The van der Waals surface area contributed by atoms with Crippen LogP contribution >= 0.6 is 0 Å². The number of nitrogens with one attached hydrogen (secondary N) is 1. The highest BCUT2D eigenvalue weighted by Crippen LogP contribution is 2.24. The molecule has 8 heteroatoms. The first-order valence-electron chi connectivity index (χ1n) is 9.95. The van der Waals surface area contributed by atoms with Crippen molar-refractivity contribution < 1.29 is 9.53 Å². The molecule has 2 fully saturated rings. The summed E-state index contributed by atoms with van der Waals surface area (Å²) >= 11 is 0. The van der Waals surface area contributed by atoms with Crippen LogP contribution in [0.3, 0.4) is 0 Å². The van der Waals surface area contributed by atoms with E-state index < -0.39 is 0 Å². The second-order valence-electron chi connectivity index (χ2n) is 7.77. The molecule has 0 spiro atoms. The number of amides is 1. The van der Waals surface area contributed by atoms with Gasteiger partial charge < -0.3 is 24.8 Å². The second-order valence-corrected chi connectivity index (χ2v) is 7.77. The molecule has 2 atom stereocenters. The number of β-lactam (4-membered cyclic amide) rings is 1.